The Morgan fingerprint density at radius 1 is 1.57 bits per heavy atom. The highest BCUT2D eigenvalue weighted by Crippen LogP contribution is 2.31. The van der Waals surface area contributed by atoms with E-state index in [-0.39, 0.29) is 6.61 Å². The Morgan fingerprint density at radius 2 is 2.43 bits per heavy atom. The minimum atomic E-state index is 0.0995. The van der Waals surface area contributed by atoms with Crippen molar-refractivity contribution in [1.82, 2.24) is 9.78 Å². The minimum absolute atomic E-state index is 0.0995. The van der Waals surface area contributed by atoms with E-state index in [4.69, 9.17) is 5.11 Å². The van der Waals surface area contributed by atoms with Gasteiger partial charge < -0.3 is 5.11 Å². The summed E-state index contributed by atoms with van der Waals surface area (Å²) < 4.78 is 2.03. The molecule has 1 aromatic rings. The topological polar surface area (TPSA) is 38.0 Å². The first kappa shape index (κ1) is 9.71. The van der Waals surface area contributed by atoms with E-state index in [1.54, 1.807) is 6.20 Å². The van der Waals surface area contributed by atoms with Gasteiger partial charge in [-0.25, -0.2) is 0 Å². The number of aromatic nitrogens is 2. The zero-order valence-electron chi connectivity index (χ0n) is 8.69. The zero-order chi connectivity index (χ0) is 9.97. The number of aliphatic hydroxyl groups is 1. The van der Waals surface area contributed by atoms with Crippen molar-refractivity contribution in [1.29, 1.82) is 0 Å². The van der Waals surface area contributed by atoms with Crippen molar-refractivity contribution < 1.29 is 5.11 Å². The van der Waals surface area contributed by atoms with Gasteiger partial charge in [-0.1, -0.05) is 19.8 Å². The van der Waals surface area contributed by atoms with Crippen LogP contribution >= 0.6 is 0 Å². The maximum absolute atomic E-state index is 8.95. The third-order valence-corrected chi connectivity index (χ3v) is 3.12. The molecule has 2 rings (SSSR count). The summed E-state index contributed by atoms with van der Waals surface area (Å²) in [6, 6.07) is 0.555. The van der Waals surface area contributed by atoms with Gasteiger partial charge in [0.15, 0.2) is 0 Å². The third kappa shape index (κ3) is 1.98. The highest BCUT2D eigenvalue weighted by Gasteiger charge is 2.20. The molecule has 78 valence electrons. The molecule has 1 aromatic heterocycles. The van der Waals surface area contributed by atoms with Gasteiger partial charge in [-0.2, -0.15) is 5.10 Å². The van der Waals surface area contributed by atoms with Crippen molar-refractivity contribution in [2.24, 2.45) is 5.92 Å². The van der Waals surface area contributed by atoms with Gasteiger partial charge in [0, 0.05) is 11.8 Å². The summed E-state index contributed by atoms with van der Waals surface area (Å²) in [5.41, 5.74) is 0.920. The lowest BCUT2D eigenvalue weighted by Gasteiger charge is -2.26. The summed E-state index contributed by atoms with van der Waals surface area (Å²) in [6.07, 6.45) is 8.86. The van der Waals surface area contributed by atoms with E-state index in [0.29, 0.717) is 6.04 Å². The van der Waals surface area contributed by atoms with Gasteiger partial charge in [0.2, 0.25) is 0 Å². The van der Waals surface area contributed by atoms with Crippen LogP contribution in [-0.2, 0) is 6.61 Å². The molecule has 1 N–H and O–H groups in total. The van der Waals surface area contributed by atoms with Crippen LogP contribution < -0.4 is 0 Å². The molecule has 1 saturated carbocycles. The van der Waals surface area contributed by atoms with Gasteiger partial charge in [0.05, 0.1) is 18.8 Å². The van der Waals surface area contributed by atoms with Crippen LogP contribution in [-0.4, -0.2) is 14.9 Å². The van der Waals surface area contributed by atoms with Crippen molar-refractivity contribution in [2.75, 3.05) is 0 Å². The lowest BCUT2D eigenvalue weighted by molar-refractivity contribution is 0.264. The minimum Gasteiger partial charge on any atom is -0.392 e. The molecule has 2 unspecified atom stereocenters. The number of rotatable bonds is 2. The third-order valence-electron chi connectivity index (χ3n) is 3.12. The van der Waals surface area contributed by atoms with Crippen LogP contribution in [0.1, 0.15) is 44.2 Å². The van der Waals surface area contributed by atoms with Crippen LogP contribution in [0.15, 0.2) is 12.4 Å². The fraction of sp³-hybridized carbons (Fsp3) is 0.727. The first-order valence-electron chi connectivity index (χ1n) is 5.43. The summed E-state index contributed by atoms with van der Waals surface area (Å²) in [5, 5.41) is 13.2. The lowest BCUT2D eigenvalue weighted by Crippen LogP contribution is -2.17. The van der Waals surface area contributed by atoms with Crippen LogP contribution in [0.25, 0.3) is 0 Å². The monoisotopic (exact) mass is 194 g/mol. The van der Waals surface area contributed by atoms with Crippen LogP contribution in [0.2, 0.25) is 0 Å². The second kappa shape index (κ2) is 4.13. The average Bonchev–Trinajstić information content (AvgIpc) is 2.66. The molecule has 0 spiro atoms. The summed E-state index contributed by atoms with van der Waals surface area (Å²) in [6.45, 7) is 2.41. The molecule has 1 aliphatic rings. The van der Waals surface area contributed by atoms with E-state index in [0.717, 1.165) is 11.5 Å². The van der Waals surface area contributed by atoms with Gasteiger partial charge in [-0.3, -0.25) is 4.68 Å². The van der Waals surface area contributed by atoms with Crippen LogP contribution in [0, 0.1) is 5.92 Å². The van der Waals surface area contributed by atoms with E-state index in [1.807, 2.05) is 10.9 Å². The molecule has 3 nitrogen and oxygen atoms in total. The van der Waals surface area contributed by atoms with Gasteiger partial charge in [0.1, 0.15) is 0 Å². The summed E-state index contributed by atoms with van der Waals surface area (Å²) in [7, 11) is 0. The molecule has 1 aliphatic carbocycles. The molecule has 0 aromatic carbocycles. The molecular weight excluding hydrogens is 176 g/mol. The van der Waals surface area contributed by atoms with Crippen molar-refractivity contribution >= 4 is 0 Å². The van der Waals surface area contributed by atoms with Crippen molar-refractivity contribution in [2.45, 2.75) is 45.3 Å². The highest BCUT2D eigenvalue weighted by atomic mass is 16.3. The predicted octanol–water partition coefficient (Wildman–Crippen LogP) is 2.13. The predicted molar refractivity (Wildman–Crippen MR) is 54.8 cm³/mol. The molecule has 0 aliphatic heterocycles. The molecule has 2 atom stereocenters. The largest absolute Gasteiger partial charge is 0.392 e. The molecule has 1 fully saturated rings. The van der Waals surface area contributed by atoms with Crippen LogP contribution in [0.5, 0.6) is 0 Å². The Hall–Kier alpha value is -0.830. The SMILES string of the molecule is CC1CCCC(n2cc(CO)cn2)C1. The number of nitrogens with zero attached hydrogens (tertiary/aromatic N) is 2. The second-order valence-corrected chi connectivity index (χ2v) is 4.41. The zero-order valence-corrected chi connectivity index (χ0v) is 8.69. The second-order valence-electron chi connectivity index (χ2n) is 4.41. The summed E-state index contributed by atoms with van der Waals surface area (Å²) in [4.78, 5) is 0. The highest BCUT2D eigenvalue weighted by molar-refractivity contribution is 5.02. The maximum Gasteiger partial charge on any atom is 0.0712 e. The molecule has 3 heteroatoms. The van der Waals surface area contributed by atoms with Crippen LogP contribution in [0.3, 0.4) is 0 Å². The Kier molecular flexibility index (Phi) is 2.87. The average molecular weight is 194 g/mol. The standard InChI is InChI=1S/C11H18N2O/c1-9-3-2-4-11(5-9)13-7-10(8-14)6-12-13/h6-7,9,11,14H,2-5,8H2,1H3. The molecule has 0 amide bonds. The number of hydrogen-bond donors (Lipinski definition) is 1. The molecule has 0 bridgehead atoms. The Balaban J connectivity index is 2.06. The van der Waals surface area contributed by atoms with Gasteiger partial charge >= 0.3 is 0 Å². The van der Waals surface area contributed by atoms with Gasteiger partial charge in [0.25, 0.3) is 0 Å². The van der Waals surface area contributed by atoms with Crippen molar-refractivity contribution in [3.63, 3.8) is 0 Å². The van der Waals surface area contributed by atoms with Gasteiger partial charge in [-0.15, -0.1) is 0 Å². The first-order valence-corrected chi connectivity index (χ1v) is 5.43. The molecule has 0 saturated heterocycles. The Bertz CT molecular complexity index is 295. The van der Waals surface area contributed by atoms with Crippen molar-refractivity contribution in [3.8, 4) is 0 Å². The maximum atomic E-state index is 8.95. The van der Waals surface area contributed by atoms with E-state index in [2.05, 4.69) is 12.0 Å². The summed E-state index contributed by atoms with van der Waals surface area (Å²) in [5.74, 6) is 0.815. The Morgan fingerprint density at radius 3 is 3.07 bits per heavy atom. The van der Waals surface area contributed by atoms with E-state index < -0.39 is 0 Å². The first-order chi connectivity index (χ1) is 6.79. The quantitative estimate of drug-likeness (QED) is 0.783. The van der Waals surface area contributed by atoms with E-state index in [9.17, 15) is 0 Å². The van der Waals surface area contributed by atoms with E-state index in [1.165, 1.54) is 25.7 Å². The van der Waals surface area contributed by atoms with Crippen LogP contribution in [0.4, 0.5) is 0 Å². The van der Waals surface area contributed by atoms with Crippen molar-refractivity contribution in [3.05, 3.63) is 18.0 Å². The summed E-state index contributed by atoms with van der Waals surface area (Å²) >= 11 is 0. The normalized spacial score (nSPS) is 27.9. The van der Waals surface area contributed by atoms with E-state index >= 15 is 0 Å². The fourth-order valence-corrected chi connectivity index (χ4v) is 2.30. The molecule has 14 heavy (non-hydrogen) atoms. The molecule has 0 radical (unpaired) electrons. The number of hydrogen-bond acceptors (Lipinski definition) is 2. The van der Waals surface area contributed by atoms with Gasteiger partial charge in [-0.05, 0) is 18.8 Å². The lowest BCUT2D eigenvalue weighted by atomic mass is 9.87. The fourth-order valence-electron chi connectivity index (χ4n) is 2.30. The Labute approximate surface area is 84.7 Å². The smallest absolute Gasteiger partial charge is 0.0712 e. The molecule has 1 heterocycles. The molecular formula is C11H18N2O. The number of aliphatic hydroxyl groups excluding tert-OH is 1.